The number of benzene rings is 4. The molecule has 4 atom stereocenters. The lowest BCUT2D eigenvalue weighted by molar-refractivity contribution is -0.147. The minimum Gasteiger partial charge on any atom is -0.491 e. The largest absolute Gasteiger partial charge is 0.491 e. The quantitative estimate of drug-likeness (QED) is 0.0449. The number of hydrogen-bond donors (Lipinski definition) is 4. The van der Waals surface area contributed by atoms with Gasteiger partial charge in [0.15, 0.2) is 11.6 Å². The highest BCUT2D eigenvalue weighted by atomic mass is 19.1. The van der Waals surface area contributed by atoms with Crippen LogP contribution in [0.15, 0.2) is 104 Å². The number of fused-ring (bicyclic) bond motifs is 2. The summed E-state index contributed by atoms with van der Waals surface area (Å²) in [7, 11) is 3.15. The number of halogens is 2. The van der Waals surface area contributed by atoms with Gasteiger partial charge >= 0.3 is 6.09 Å². The Kier molecular flexibility index (Phi) is 21.1. The van der Waals surface area contributed by atoms with Crippen molar-refractivity contribution in [3.63, 3.8) is 0 Å². The lowest BCUT2D eigenvalue weighted by atomic mass is 9.83. The molecule has 0 spiro atoms. The van der Waals surface area contributed by atoms with Gasteiger partial charge in [-0.3, -0.25) is 28.9 Å². The Bertz CT molecular complexity index is 3400. The molecule has 6 aromatic rings. The second kappa shape index (κ2) is 28.6. The van der Waals surface area contributed by atoms with Gasteiger partial charge in [-0.05, 0) is 130 Å². The molecule has 4 aromatic carbocycles. The zero-order chi connectivity index (χ0) is 62.6. The number of anilines is 1. The maximum Gasteiger partial charge on any atom is 0.410 e. The van der Waals surface area contributed by atoms with Gasteiger partial charge < -0.3 is 49.8 Å². The van der Waals surface area contributed by atoms with E-state index in [9.17, 15) is 32.8 Å². The number of carbonyl (C=O) groups is 6. The van der Waals surface area contributed by atoms with Gasteiger partial charge in [-0.25, -0.2) is 23.5 Å². The topological polar surface area (TPSA) is 244 Å². The summed E-state index contributed by atoms with van der Waals surface area (Å²) in [6.45, 7) is 12.9. The summed E-state index contributed by atoms with van der Waals surface area (Å²) >= 11 is 0. The molecule has 0 bridgehead atoms. The summed E-state index contributed by atoms with van der Waals surface area (Å²) in [5, 5.41) is 20.9. The van der Waals surface area contributed by atoms with Crippen LogP contribution in [-0.4, -0.2) is 139 Å². The van der Waals surface area contributed by atoms with Crippen molar-refractivity contribution in [1.29, 1.82) is 0 Å². The van der Waals surface area contributed by atoms with Crippen LogP contribution >= 0.6 is 0 Å². The van der Waals surface area contributed by atoms with Crippen LogP contribution < -0.4 is 26.0 Å². The van der Waals surface area contributed by atoms with Crippen LogP contribution in [0.2, 0.25) is 0 Å². The van der Waals surface area contributed by atoms with Gasteiger partial charge in [0.2, 0.25) is 23.6 Å². The minimum absolute atomic E-state index is 0.0400. The van der Waals surface area contributed by atoms with Crippen molar-refractivity contribution in [2.24, 2.45) is 5.41 Å². The number of nitrogens with one attached hydrogen (secondary N) is 4. The van der Waals surface area contributed by atoms with Crippen LogP contribution in [0.25, 0.3) is 11.5 Å². The molecule has 1 aliphatic heterocycles. The highest BCUT2D eigenvalue weighted by Crippen LogP contribution is 2.34. The number of carbonyl (C=O) groups excluding carboxylic acids is 6. The van der Waals surface area contributed by atoms with Gasteiger partial charge in [-0.1, -0.05) is 63.2 Å². The van der Waals surface area contributed by atoms with Crippen molar-refractivity contribution >= 4 is 41.3 Å². The van der Waals surface area contributed by atoms with Gasteiger partial charge in [-0.15, -0.1) is 10.2 Å². The molecule has 1 unspecified atom stereocenters. The molecule has 0 fully saturated rings. The van der Waals surface area contributed by atoms with Crippen molar-refractivity contribution in [2.75, 3.05) is 45.8 Å². The highest BCUT2D eigenvalue weighted by molar-refractivity contribution is 5.96. The number of ether oxygens (including phenoxy) is 3. The Morgan fingerprint density at radius 3 is 2.33 bits per heavy atom. The van der Waals surface area contributed by atoms with E-state index in [1.807, 2.05) is 55.7 Å². The molecule has 6 amide bonds. The van der Waals surface area contributed by atoms with Crippen molar-refractivity contribution in [3.8, 4) is 17.3 Å². The fraction of sp³-hybridized carbons (Fsp3) is 0.438. The molecule has 21 nitrogen and oxygen atoms in total. The first-order chi connectivity index (χ1) is 41.4. The molecule has 4 N–H and O–H groups in total. The van der Waals surface area contributed by atoms with E-state index >= 15 is 4.79 Å². The van der Waals surface area contributed by atoms with Crippen LogP contribution in [0.5, 0.6) is 5.75 Å². The maximum atomic E-state index is 15.1. The van der Waals surface area contributed by atoms with E-state index in [1.54, 1.807) is 82.2 Å². The number of aromatic nitrogens is 5. The van der Waals surface area contributed by atoms with Crippen molar-refractivity contribution in [1.82, 2.24) is 55.4 Å². The Morgan fingerprint density at radius 1 is 0.839 bits per heavy atom. The predicted molar refractivity (Wildman–Crippen MR) is 321 cm³/mol. The third-order valence-electron chi connectivity index (χ3n) is 15.3. The van der Waals surface area contributed by atoms with E-state index in [1.165, 1.54) is 34.8 Å². The Morgan fingerprint density at radius 2 is 1.60 bits per heavy atom. The summed E-state index contributed by atoms with van der Waals surface area (Å²) in [4.78, 5) is 95.6. The zero-order valence-electron chi connectivity index (χ0n) is 50.8. The first kappa shape index (κ1) is 64.1. The first-order valence-corrected chi connectivity index (χ1v) is 29.2. The summed E-state index contributed by atoms with van der Waals surface area (Å²) in [6.07, 6.45) is 5.59. The van der Waals surface area contributed by atoms with Crippen LogP contribution in [0.4, 0.5) is 19.3 Å². The first-order valence-electron chi connectivity index (χ1n) is 29.2. The third-order valence-corrected chi connectivity index (χ3v) is 15.3. The molecule has 2 aromatic heterocycles. The standard InChI is InChI=1S/C64H78F2N12O9/c1-40(76(9)62(84)87-64(5,6)7)58(80)72-56(63(2,3)4)61(83)78-37-44-33-46(25-24-42(44)34-53(78)60(82)71-51-23-13-17-41-16-10-11-20-47(41)51)86-31-30-85-38-55(79)75(8)28-15-29-77-54(73-74-57(77)52-26-27-67-39-70-52)36-68-45-19-12-18-43(32-45)59(81)69-35-48-49(65)21-14-22-50(48)66/h10-12,14,16,18-22,24-27,32-33,39-40,51,53,56,68H,13,15,17,23,28-31,34-38H2,1-9H3,(H,69,81)(H,71,82)(H,72,80)/t40-,51+,53?,56+/m0/s1. The smallest absolute Gasteiger partial charge is 0.410 e. The zero-order valence-corrected chi connectivity index (χ0v) is 50.8. The van der Waals surface area contributed by atoms with E-state index in [0.717, 1.165) is 48.1 Å². The highest BCUT2D eigenvalue weighted by Gasteiger charge is 2.44. The third kappa shape index (κ3) is 16.8. The summed E-state index contributed by atoms with van der Waals surface area (Å²) in [5.74, 6) is -2.06. The normalized spacial score (nSPS) is 15.4. The molecule has 2 aliphatic rings. The minimum atomic E-state index is -1.10. The average Bonchev–Trinajstić information content (AvgIpc) is 1.60. The molecule has 87 heavy (non-hydrogen) atoms. The SMILES string of the molecule is C[C@@H](C(=O)N[C@H](C(=O)N1Cc2cc(OCCOCC(=O)N(C)CCCn3c(CNc4cccc(C(=O)NCc5c(F)cccc5F)c4)nnc3-c3ccncn3)ccc2CC1C(=O)N[C@@H]1CCCc2ccccc21)C(C)(C)C)N(C)C(=O)OC(C)(C)C. The molecule has 1 aliphatic carbocycles. The fourth-order valence-electron chi connectivity index (χ4n) is 10.3. The lowest BCUT2D eigenvalue weighted by Gasteiger charge is -2.42. The van der Waals surface area contributed by atoms with Gasteiger partial charge in [0.1, 0.15) is 66.3 Å². The van der Waals surface area contributed by atoms with Crippen molar-refractivity contribution < 1.29 is 51.8 Å². The van der Waals surface area contributed by atoms with Crippen LogP contribution in [0, 0.1) is 17.0 Å². The second-order valence-corrected chi connectivity index (χ2v) is 23.9. The number of nitrogens with zero attached hydrogens (tertiary/aromatic N) is 8. The van der Waals surface area contributed by atoms with Crippen LogP contribution in [-0.2, 0) is 67.7 Å². The van der Waals surface area contributed by atoms with Gasteiger partial charge in [0.25, 0.3) is 5.91 Å². The molecule has 23 heteroatoms. The molecule has 462 valence electrons. The van der Waals surface area contributed by atoms with Crippen LogP contribution in [0.1, 0.15) is 118 Å². The van der Waals surface area contributed by atoms with Crippen molar-refractivity contribution in [2.45, 2.75) is 137 Å². The van der Waals surface area contributed by atoms with E-state index in [2.05, 4.69) is 47.5 Å². The van der Waals surface area contributed by atoms with Crippen LogP contribution in [0.3, 0.4) is 0 Å². The van der Waals surface area contributed by atoms with E-state index in [-0.39, 0.29) is 74.9 Å². The summed E-state index contributed by atoms with van der Waals surface area (Å²) in [5.41, 5.74) is 3.40. The van der Waals surface area contributed by atoms with Gasteiger partial charge in [0.05, 0.1) is 19.2 Å². The Balaban J connectivity index is 0.862. The van der Waals surface area contributed by atoms with Gasteiger partial charge in [0, 0.05) is 69.7 Å². The predicted octanol–water partition coefficient (Wildman–Crippen LogP) is 7.73. The molecule has 0 saturated carbocycles. The summed E-state index contributed by atoms with van der Waals surface area (Å²) in [6, 6.07) is 22.2. The monoisotopic (exact) mass is 1200 g/mol. The molecule has 8 rings (SSSR count). The Hall–Kier alpha value is -8.86. The van der Waals surface area contributed by atoms with Crippen molar-refractivity contribution in [3.05, 3.63) is 154 Å². The number of amides is 6. The number of rotatable bonds is 23. The lowest BCUT2D eigenvalue weighted by Crippen LogP contribution is -2.62. The van der Waals surface area contributed by atoms with E-state index < -0.39 is 64.6 Å². The number of aryl methyl sites for hydroxylation is 1. The molecule has 3 heterocycles. The van der Waals surface area contributed by atoms with Gasteiger partial charge in [-0.2, -0.15) is 0 Å². The molecule has 0 radical (unpaired) electrons. The average molecular weight is 1200 g/mol. The second-order valence-electron chi connectivity index (χ2n) is 23.9. The molecule has 0 saturated heterocycles. The number of hydrogen-bond acceptors (Lipinski definition) is 14. The summed E-state index contributed by atoms with van der Waals surface area (Å²) < 4.78 is 47.7. The van der Waals surface area contributed by atoms with E-state index in [0.29, 0.717) is 48.3 Å². The number of likely N-dealkylation sites (N-methyl/N-ethyl adjacent to an activating group) is 2. The van der Waals surface area contributed by atoms with E-state index in [4.69, 9.17) is 14.2 Å². The maximum absolute atomic E-state index is 15.1. The molecular weight excluding hydrogens is 1120 g/mol. The fourth-order valence-corrected chi connectivity index (χ4v) is 10.3. The molecular formula is C64H78F2N12O9. The Labute approximate surface area is 505 Å².